The van der Waals surface area contributed by atoms with Crippen LogP contribution in [0, 0.1) is 18.3 Å². The first kappa shape index (κ1) is 15.1. The minimum atomic E-state index is 0.528. The predicted octanol–water partition coefficient (Wildman–Crippen LogP) is 4.96. The third-order valence-corrected chi connectivity index (χ3v) is 3.93. The zero-order valence-electron chi connectivity index (χ0n) is 12.9. The smallest absolute Gasteiger partial charge is 0.119 e. The van der Waals surface area contributed by atoms with Crippen molar-refractivity contribution in [2.24, 2.45) is 0 Å². The number of rotatable bonds is 5. The Kier molecular flexibility index (Phi) is 5.00. The molecule has 0 aliphatic heterocycles. The van der Waals surface area contributed by atoms with E-state index in [4.69, 9.17) is 10.00 Å². The third kappa shape index (κ3) is 3.86. The van der Waals surface area contributed by atoms with E-state index in [2.05, 4.69) is 32.0 Å². The highest BCUT2D eigenvalue weighted by Crippen LogP contribution is 2.22. The van der Waals surface area contributed by atoms with Crippen molar-refractivity contribution in [3.63, 3.8) is 0 Å². The van der Waals surface area contributed by atoms with Gasteiger partial charge in [-0.05, 0) is 60.2 Å². The second kappa shape index (κ2) is 6.95. The highest BCUT2D eigenvalue weighted by molar-refractivity contribution is 5.37. The van der Waals surface area contributed by atoms with Crippen molar-refractivity contribution in [2.45, 2.75) is 39.7 Å². The summed E-state index contributed by atoms with van der Waals surface area (Å²) in [7, 11) is 0. The van der Waals surface area contributed by atoms with E-state index in [0.717, 1.165) is 23.3 Å². The van der Waals surface area contributed by atoms with Gasteiger partial charge in [0.1, 0.15) is 12.4 Å². The number of hydrogen-bond acceptors (Lipinski definition) is 2. The van der Waals surface area contributed by atoms with Crippen molar-refractivity contribution >= 4 is 0 Å². The molecule has 1 atom stereocenters. The first-order valence-electron chi connectivity index (χ1n) is 7.36. The maximum Gasteiger partial charge on any atom is 0.119 e. The van der Waals surface area contributed by atoms with Gasteiger partial charge in [0.15, 0.2) is 0 Å². The van der Waals surface area contributed by atoms with Crippen molar-refractivity contribution in [1.82, 2.24) is 0 Å². The summed E-state index contributed by atoms with van der Waals surface area (Å²) in [6.07, 6.45) is 1.14. The Morgan fingerprint density at radius 2 is 1.86 bits per heavy atom. The summed E-state index contributed by atoms with van der Waals surface area (Å²) in [5.74, 6) is 1.46. The van der Waals surface area contributed by atoms with Crippen molar-refractivity contribution in [3.8, 4) is 11.8 Å². The molecule has 21 heavy (non-hydrogen) atoms. The first-order valence-corrected chi connectivity index (χ1v) is 7.36. The summed E-state index contributed by atoms with van der Waals surface area (Å²) in [5.41, 5.74) is 4.24. The van der Waals surface area contributed by atoms with Crippen LogP contribution >= 0.6 is 0 Å². The average molecular weight is 279 g/mol. The van der Waals surface area contributed by atoms with E-state index in [1.807, 2.05) is 37.3 Å². The van der Waals surface area contributed by atoms with E-state index in [1.165, 1.54) is 5.56 Å². The summed E-state index contributed by atoms with van der Waals surface area (Å²) in [6.45, 7) is 6.96. The standard InChI is InChI=1S/C19H21NO/c1-4-14(2)17-7-9-19(10-8-17)21-13-18-6-5-16(12-20)11-15(18)3/h5-11,14H,4,13H2,1-3H3. The van der Waals surface area contributed by atoms with Gasteiger partial charge in [-0.1, -0.05) is 32.0 Å². The number of ether oxygens (including phenoxy) is 1. The molecule has 0 aromatic heterocycles. The van der Waals surface area contributed by atoms with Crippen molar-refractivity contribution in [2.75, 3.05) is 0 Å². The highest BCUT2D eigenvalue weighted by Gasteiger charge is 2.04. The second-order valence-electron chi connectivity index (χ2n) is 5.42. The molecule has 2 aromatic rings. The molecule has 2 heteroatoms. The van der Waals surface area contributed by atoms with E-state index in [0.29, 0.717) is 18.1 Å². The van der Waals surface area contributed by atoms with Crippen LogP contribution in [0.2, 0.25) is 0 Å². The molecule has 0 amide bonds. The highest BCUT2D eigenvalue weighted by atomic mass is 16.5. The fourth-order valence-electron chi connectivity index (χ4n) is 2.22. The molecular formula is C19H21NO. The molecule has 0 saturated carbocycles. The van der Waals surface area contributed by atoms with Crippen LogP contribution in [0.1, 0.15) is 48.4 Å². The quantitative estimate of drug-likeness (QED) is 0.775. The Labute approximate surface area is 127 Å². The maximum absolute atomic E-state index is 8.87. The molecule has 0 spiro atoms. The van der Waals surface area contributed by atoms with Crippen LogP contribution in [0.25, 0.3) is 0 Å². The van der Waals surface area contributed by atoms with Crippen molar-refractivity contribution < 1.29 is 4.74 Å². The van der Waals surface area contributed by atoms with Gasteiger partial charge in [0, 0.05) is 0 Å². The fourth-order valence-corrected chi connectivity index (χ4v) is 2.22. The van der Waals surface area contributed by atoms with Crippen LogP contribution in [0.4, 0.5) is 0 Å². The zero-order valence-corrected chi connectivity index (χ0v) is 12.9. The van der Waals surface area contributed by atoms with Gasteiger partial charge in [-0.3, -0.25) is 0 Å². The lowest BCUT2D eigenvalue weighted by Crippen LogP contribution is -1.99. The van der Waals surface area contributed by atoms with Gasteiger partial charge in [-0.25, -0.2) is 0 Å². The van der Waals surface area contributed by atoms with Crippen LogP contribution < -0.4 is 4.74 Å². The monoisotopic (exact) mass is 279 g/mol. The molecule has 0 radical (unpaired) electrons. The molecule has 0 N–H and O–H groups in total. The third-order valence-electron chi connectivity index (χ3n) is 3.93. The summed E-state index contributed by atoms with van der Waals surface area (Å²) in [4.78, 5) is 0. The minimum absolute atomic E-state index is 0.528. The minimum Gasteiger partial charge on any atom is -0.489 e. The van der Waals surface area contributed by atoms with Crippen LogP contribution in [0.15, 0.2) is 42.5 Å². The molecule has 0 aliphatic rings. The molecule has 2 nitrogen and oxygen atoms in total. The number of aryl methyl sites for hydroxylation is 1. The van der Waals surface area contributed by atoms with E-state index >= 15 is 0 Å². The molecule has 0 saturated heterocycles. The Hall–Kier alpha value is -2.27. The lowest BCUT2D eigenvalue weighted by atomic mass is 9.99. The van der Waals surface area contributed by atoms with Gasteiger partial charge in [0.2, 0.25) is 0 Å². The topological polar surface area (TPSA) is 33.0 Å². The lowest BCUT2D eigenvalue weighted by Gasteiger charge is -2.12. The van der Waals surface area contributed by atoms with Gasteiger partial charge in [-0.2, -0.15) is 5.26 Å². The summed E-state index contributed by atoms with van der Waals surface area (Å²) < 4.78 is 5.83. The van der Waals surface area contributed by atoms with E-state index in [-0.39, 0.29) is 0 Å². The molecule has 0 aliphatic carbocycles. The number of hydrogen-bond donors (Lipinski definition) is 0. The van der Waals surface area contributed by atoms with Crippen LogP contribution in [-0.2, 0) is 6.61 Å². The molecule has 108 valence electrons. The van der Waals surface area contributed by atoms with Gasteiger partial charge >= 0.3 is 0 Å². The van der Waals surface area contributed by atoms with Crippen molar-refractivity contribution in [3.05, 3.63) is 64.7 Å². The molecule has 0 fully saturated rings. The lowest BCUT2D eigenvalue weighted by molar-refractivity contribution is 0.305. The van der Waals surface area contributed by atoms with Gasteiger partial charge in [0.05, 0.1) is 11.6 Å². The maximum atomic E-state index is 8.87. The van der Waals surface area contributed by atoms with Gasteiger partial charge < -0.3 is 4.74 Å². The van der Waals surface area contributed by atoms with Crippen LogP contribution in [0.5, 0.6) is 5.75 Å². The van der Waals surface area contributed by atoms with Gasteiger partial charge in [0.25, 0.3) is 0 Å². The van der Waals surface area contributed by atoms with E-state index in [9.17, 15) is 0 Å². The summed E-state index contributed by atoms with van der Waals surface area (Å²) >= 11 is 0. The molecular weight excluding hydrogens is 258 g/mol. The summed E-state index contributed by atoms with van der Waals surface area (Å²) in [5, 5.41) is 8.87. The largest absolute Gasteiger partial charge is 0.489 e. The predicted molar refractivity (Wildman–Crippen MR) is 85.4 cm³/mol. The average Bonchev–Trinajstić information content (AvgIpc) is 2.53. The van der Waals surface area contributed by atoms with Crippen molar-refractivity contribution in [1.29, 1.82) is 5.26 Å². The fraction of sp³-hybridized carbons (Fsp3) is 0.316. The first-order chi connectivity index (χ1) is 10.1. The number of nitriles is 1. The van der Waals surface area contributed by atoms with Gasteiger partial charge in [-0.15, -0.1) is 0 Å². The Balaban J connectivity index is 2.02. The van der Waals surface area contributed by atoms with E-state index < -0.39 is 0 Å². The Morgan fingerprint density at radius 3 is 2.43 bits per heavy atom. The molecule has 1 unspecified atom stereocenters. The molecule has 2 rings (SSSR count). The molecule has 0 heterocycles. The second-order valence-corrected chi connectivity index (χ2v) is 5.42. The SMILES string of the molecule is CCC(C)c1ccc(OCc2ccc(C#N)cc2C)cc1. The Bertz CT molecular complexity index is 638. The van der Waals surface area contributed by atoms with Crippen LogP contribution in [-0.4, -0.2) is 0 Å². The van der Waals surface area contributed by atoms with Crippen LogP contribution in [0.3, 0.4) is 0 Å². The summed E-state index contributed by atoms with van der Waals surface area (Å²) in [6, 6.07) is 16.2. The van der Waals surface area contributed by atoms with E-state index in [1.54, 1.807) is 0 Å². The molecule has 2 aromatic carbocycles. The normalized spacial score (nSPS) is 11.7. The number of benzene rings is 2. The zero-order chi connectivity index (χ0) is 15.2. The molecule has 0 bridgehead atoms. The Morgan fingerprint density at radius 1 is 1.14 bits per heavy atom. The number of nitrogens with zero attached hydrogens (tertiary/aromatic N) is 1.